The molecule has 0 bridgehead atoms. The number of aliphatic hydroxyl groups excluding tert-OH is 1. The Hall–Kier alpha value is -1.97. The van der Waals surface area contributed by atoms with E-state index in [2.05, 4.69) is 80.7 Å². The summed E-state index contributed by atoms with van der Waals surface area (Å²) in [5.74, 6) is 0. The lowest BCUT2D eigenvalue weighted by atomic mass is 10.00. The Kier molecular flexibility index (Phi) is 5.36. The van der Waals surface area contributed by atoms with Crippen molar-refractivity contribution in [1.82, 2.24) is 0 Å². The lowest BCUT2D eigenvalue weighted by Gasteiger charge is -2.15. The molecule has 0 radical (unpaired) electrons. The zero-order chi connectivity index (χ0) is 18.0. The van der Waals surface area contributed by atoms with Gasteiger partial charge in [-0.05, 0) is 83.4 Å². The number of allylic oxidation sites excluding steroid dienone is 2. The fourth-order valence-corrected chi connectivity index (χ4v) is 3.76. The van der Waals surface area contributed by atoms with Gasteiger partial charge in [-0.2, -0.15) is 0 Å². The molecular formula is C22H25NOS. The summed E-state index contributed by atoms with van der Waals surface area (Å²) in [4.78, 5) is 3.40. The number of nitrogens with zero attached hydrogens (tertiary/aromatic N) is 1. The van der Waals surface area contributed by atoms with Gasteiger partial charge in [0.1, 0.15) is 0 Å². The van der Waals surface area contributed by atoms with Crippen molar-refractivity contribution in [3.05, 3.63) is 64.7 Å². The summed E-state index contributed by atoms with van der Waals surface area (Å²) in [6, 6.07) is 15.3. The van der Waals surface area contributed by atoms with E-state index in [0.29, 0.717) is 6.42 Å². The molecule has 0 spiro atoms. The molecule has 0 unspecified atom stereocenters. The molecule has 1 aliphatic rings. The van der Waals surface area contributed by atoms with E-state index in [9.17, 15) is 5.11 Å². The average molecular weight is 352 g/mol. The highest BCUT2D eigenvalue weighted by molar-refractivity contribution is 7.98. The topological polar surface area (TPSA) is 23.5 Å². The van der Waals surface area contributed by atoms with Crippen LogP contribution < -0.4 is 4.90 Å². The number of benzene rings is 2. The van der Waals surface area contributed by atoms with Crippen LogP contribution in [0.15, 0.2) is 52.9 Å². The first-order valence-electron chi connectivity index (χ1n) is 8.54. The van der Waals surface area contributed by atoms with Crippen molar-refractivity contribution in [2.24, 2.45) is 0 Å². The fraction of sp³-hybridized carbons (Fsp3) is 0.273. The number of anilines is 1. The Balaban J connectivity index is 2.09. The number of hydrogen-bond donors (Lipinski definition) is 1. The lowest BCUT2D eigenvalue weighted by molar-refractivity contribution is 0.305. The third-order valence-electron chi connectivity index (χ3n) is 4.78. The van der Waals surface area contributed by atoms with Gasteiger partial charge in [-0.1, -0.05) is 18.2 Å². The van der Waals surface area contributed by atoms with Crippen molar-refractivity contribution >= 4 is 34.7 Å². The first kappa shape index (κ1) is 17.8. The first-order valence-corrected chi connectivity index (χ1v) is 9.76. The number of aliphatic hydroxyl groups is 1. The van der Waals surface area contributed by atoms with Crippen molar-refractivity contribution in [3.63, 3.8) is 0 Å². The molecule has 0 fully saturated rings. The molecule has 25 heavy (non-hydrogen) atoms. The summed E-state index contributed by atoms with van der Waals surface area (Å²) < 4.78 is 0. The van der Waals surface area contributed by atoms with Gasteiger partial charge >= 0.3 is 0 Å². The minimum Gasteiger partial charge on any atom is -0.396 e. The minimum atomic E-state index is 0.175. The zero-order valence-electron chi connectivity index (χ0n) is 15.3. The van der Waals surface area contributed by atoms with Crippen molar-refractivity contribution in [2.75, 3.05) is 31.9 Å². The summed E-state index contributed by atoms with van der Waals surface area (Å²) in [7, 11) is 4.12. The van der Waals surface area contributed by atoms with Crippen molar-refractivity contribution in [1.29, 1.82) is 0 Å². The highest BCUT2D eigenvalue weighted by Gasteiger charge is 2.23. The van der Waals surface area contributed by atoms with Crippen molar-refractivity contribution < 1.29 is 5.11 Å². The quantitative estimate of drug-likeness (QED) is 0.750. The minimum absolute atomic E-state index is 0.175. The number of hydrogen-bond acceptors (Lipinski definition) is 3. The second-order valence-corrected chi connectivity index (χ2v) is 7.41. The van der Waals surface area contributed by atoms with E-state index in [-0.39, 0.29) is 6.61 Å². The van der Waals surface area contributed by atoms with Gasteiger partial charge in [0.25, 0.3) is 0 Å². The zero-order valence-corrected chi connectivity index (χ0v) is 16.2. The van der Waals surface area contributed by atoms with Crippen LogP contribution in [0.5, 0.6) is 0 Å². The van der Waals surface area contributed by atoms with Gasteiger partial charge < -0.3 is 10.0 Å². The highest BCUT2D eigenvalue weighted by atomic mass is 32.2. The highest BCUT2D eigenvalue weighted by Crippen LogP contribution is 2.44. The largest absolute Gasteiger partial charge is 0.396 e. The third-order valence-corrected chi connectivity index (χ3v) is 5.52. The summed E-state index contributed by atoms with van der Waals surface area (Å²) in [6.45, 7) is 2.34. The monoisotopic (exact) mass is 351 g/mol. The van der Waals surface area contributed by atoms with E-state index in [1.807, 2.05) is 0 Å². The van der Waals surface area contributed by atoms with Crippen LogP contribution in [0.1, 0.15) is 30.0 Å². The van der Waals surface area contributed by atoms with E-state index in [4.69, 9.17) is 0 Å². The van der Waals surface area contributed by atoms with Crippen LogP contribution in [-0.4, -0.2) is 32.1 Å². The summed E-state index contributed by atoms with van der Waals surface area (Å²) >= 11 is 1.76. The maximum absolute atomic E-state index is 9.52. The van der Waals surface area contributed by atoms with Gasteiger partial charge in [-0.25, -0.2) is 0 Å². The second kappa shape index (κ2) is 7.51. The van der Waals surface area contributed by atoms with Crippen LogP contribution in [0, 0.1) is 0 Å². The molecule has 0 atom stereocenters. The molecule has 0 amide bonds. The van der Waals surface area contributed by atoms with Crippen molar-refractivity contribution in [3.8, 4) is 0 Å². The second-order valence-electron chi connectivity index (χ2n) is 6.53. The molecule has 0 saturated heterocycles. The van der Waals surface area contributed by atoms with Crippen LogP contribution in [0.3, 0.4) is 0 Å². The molecule has 0 saturated carbocycles. The van der Waals surface area contributed by atoms with Gasteiger partial charge in [0.15, 0.2) is 0 Å². The van der Waals surface area contributed by atoms with E-state index >= 15 is 0 Å². The normalized spacial score (nSPS) is 15.0. The summed E-state index contributed by atoms with van der Waals surface area (Å²) in [6.07, 6.45) is 5.05. The standard InChI is InChI=1S/C22H25NOS/c1-15-19(11-12-24)22-14-17(23(2)3)7-10-20(22)21(15)13-16-5-8-18(25-4)9-6-16/h5-10,13-14,24H,11-12H2,1-4H3. The average Bonchev–Trinajstić information content (AvgIpc) is 2.88. The maximum Gasteiger partial charge on any atom is 0.0471 e. The Morgan fingerprint density at radius 1 is 1.04 bits per heavy atom. The van der Waals surface area contributed by atoms with Gasteiger partial charge in [0, 0.05) is 31.3 Å². The molecule has 0 aromatic heterocycles. The Morgan fingerprint density at radius 2 is 1.76 bits per heavy atom. The van der Waals surface area contributed by atoms with Crippen LogP contribution in [0.4, 0.5) is 5.69 Å². The molecule has 1 N–H and O–H groups in total. The first-order chi connectivity index (χ1) is 12.0. The van der Waals surface area contributed by atoms with E-state index in [0.717, 1.165) is 0 Å². The predicted octanol–water partition coefficient (Wildman–Crippen LogP) is 5.18. The van der Waals surface area contributed by atoms with Crippen LogP contribution in [0.2, 0.25) is 0 Å². The van der Waals surface area contributed by atoms with Gasteiger partial charge in [0.2, 0.25) is 0 Å². The Labute approximate surface area is 154 Å². The molecule has 3 heteroatoms. The number of fused-ring (bicyclic) bond motifs is 1. The number of rotatable bonds is 5. The van der Waals surface area contributed by atoms with Crippen LogP contribution >= 0.6 is 11.8 Å². The molecule has 0 aliphatic heterocycles. The summed E-state index contributed by atoms with van der Waals surface area (Å²) in [5.41, 5.74) is 8.71. The van der Waals surface area contributed by atoms with Gasteiger partial charge in [0.05, 0.1) is 0 Å². The predicted molar refractivity (Wildman–Crippen MR) is 111 cm³/mol. The van der Waals surface area contributed by atoms with E-state index < -0.39 is 0 Å². The van der Waals surface area contributed by atoms with E-state index in [1.165, 1.54) is 44.0 Å². The van der Waals surface area contributed by atoms with Crippen LogP contribution in [0.25, 0.3) is 17.2 Å². The third kappa shape index (κ3) is 3.53. The molecule has 0 heterocycles. The smallest absolute Gasteiger partial charge is 0.0471 e. The Bertz CT molecular complexity index is 832. The van der Waals surface area contributed by atoms with Crippen molar-refractivity contribution in [2.45, 2.75) is 18.2 Å². The number of thioether (sulfide) groups is 1. The SMILES string of the molecule is CSc1ccc(C=C2C(C)=C(CCO)c3cc(N(C)C)ccc32)cc1. The van der Waals surface area contributed by atoms with Gasteiger partial charge in [-0.3, -0.25) is 0 Å². The lowest BCUT2D eigenvalue weighted by Crippen LogP contribution is -2.08. The summed E-state index contributed by atoms with van der Waals surface area (Å²) in [5, 5.41) is 9.52. The Morgan fingerprint density at radius 3 is 2.36 bits per heavy atom. The molecule has 2 nitrogen and oxygen atoms in total. The molecule has 3 rings (SSSR count). The molecular weight excluding hydrogens is 326 g/mol. The fourth-order valence-electron chi connectivity index (χ4n) is 3.35. The van der Waals surface area contributed by atoms with E-state index in [1.54, 1.807) is 11.8 Å². The molecule has 2 aromatic rings. The molecule has 1 aliphatic carbocycles. The van der Waals surface area contributed by atoms with Crippen LogP contribution in [-0.2, 0) is 0 Å². The molecule has 130 valence electrons. The van der Waals surface area contributed by atoms with Gasteiger partial charge in [-0.15, -0.1) is 11.8 Å². The molecule has 2 aromatic carbocycles. The maximum atomic E-state index is 9.52.